The summed E-state index contributed by atoms with van der Waals surface area (Å²) in [5, 5.41) is 7.16. The molecule has 0 unspecified atom stereocenters. The molecular weight excluding hydrogens is 310 g/mol. The lowest BCUT2D eigenvalue weighted by atomic mass is 10.2. The van der Waals surface area contributed by atoms with E-state index in [-0.39, 0.29) is 5.91 Å². The highest BCUT2D eigenvalue weighted by Gasteiger charge is 2.04. The Bertz CT molecular complexity index is 874. The molecule has 1 heterocycles. The van der Waals surface area contributed by atoms with E-state index < -0.39 is 0 Å². The Hall–Kier alpha value is -3.32. The van der Waals surface area contributed by atoms with Crippen molar-refractivity contribution >= 4 is 5.91 Å². The summed E-state index contributed by atoms with van der Waals surface area (Å²) in [5.74, 6) is 5.97. The van der Waals surface area contributed by atoms with Gasteiger partial charge in [0.15, 0.2) is 0 Å². The number of carbonyl (C=O) groups is 1. The van der Waals surface area contributed by atoms with Gasteiger partial charge in [0.25, 0.3) is 0 Å². The minimum atomic E-state index is -0.00479. The molecule has 0 atom stereocenters. The Labute approximate surface area is 147 Å². The van der Waals surface area contributed by atoms with Crippen LogP contribution >= 0.6 is 0 Å². The molecule has 124 valence electrons. The molecular formula is C21H19N3O. The van der Waals surface area contributed by atoms with Gasteiger partial charge in [-0.2, -0.15) is 5.10 Å². The quantitative estimate of drug-likeness (QED) is 0.732. The fourth-order valence-electron chi connectivity index (χ4n) is 2.37. The van der Waals surface area contributed by atoms with E-state index in [0.29, 0.717) is 19.4 Å². The minimum Gasteiger partial charge on any atom is -0.345 e. The molecule has 0 aliphatic carbocycles. The lowest BCUT2D eigenvalue weighted by Gasteiger charge is -2.00. The van der Waals surface area contributed by atoms with Crippen LogP contribution in [0.1, 0.15) is 17.5 Å². The molecule has 0 radical (unpaired) electrons. The van der Waals surface area contributed by atoms with E-state index in [4.69, 9.17) is 0 Å². The third kappa shape index (κ3) is 5.08. The van der Waals surface area contributed by atoms with Crippen molar-refractivity contribution in [3.05, 3.63) is 84.2 Å². The third-order valence-corrected chi connectivity index (χ3v) is 3.68. The number of benzene rings is 2. The van der Waals surface area contributed by atoms with Gasteiger partial charge in [-0.05, 0) is 36.2 Å². The van der Waals surface area contributed by atoms with Gasteiger partial charge in [-0.15, -0.1) is 0 Å². The molecule has 25 heavy (non-hydrogen) atoms. The Balaban J connectivity index is 1.44. The van der Waals surface area contributed by atoms with Gasteiger partial charge in [0, 0.05) is 18.2 Å². The number of para-hydroxylation sites is 1. The first-order chi connectivity index (χ1) is 12.3. The van der Waals surface area contributed by atoms with Crippen molar-refractivity contribution in [2.45, 2.75) is 12.8 Å². The highest BCUT2D eigenvalue weighted by molar-refractivity contribution is 5.76. The van der Waals surface area contributed by atoms with Gasteiger partial charge >= 0.3 is 0 Å². The predicted octanol–water partition coefficient (Wildman–Crippen LogP) is 2.97. The number of rotatable bonds is 5. The summed E-state index contributed by atoms with van der Waals surface area (Å²) in [5.41, 5.74) is 2.99. The SMILES string of the molecule is O=C(CCc1cnn(-c2ccccc2)c1)NCC#Cc1ccccc1. The molecule has 1 amide bonds. The fraction of sp³-hybridized carbons (Fsp3) is 0.143. The van der Waals surface area contributed by atoms with E-state index >= 15 is 0 Å². The standard InChI is InChI=1S/C21H19N3O/c25-21(22-15-7-10-18-8-3-1-4-9-18)14-13-19-16-23-24(17-19)20-11-5-2-6-12-20/h1-6,8-9,11-12,16-17H,13-15H2,(H,22,25). The smallest absolute Gasteiger partial charge is 0.221 e. The molecule has 0 saturated heterocycles. The number of carbonyl (C=O) groups excluding carboxylic acids is 1. The molecule has 3 aromatic rings. The third-order valence-electron chi connectivity index (χ3n) is 3.68. The minimum absolute atomic E-state index is 0.00479. The van der Waals surface area contributed by atoms with Crippen LogP contribution in [0.15, 0.2) is 73.1 Å². The molecule has 0 saturated carbocycles. The van der Waals surface area contributed by atoms with Crippen LogP contribution in [0, 0.1) is 11.8 Å². The lowest BCUT2D eigenvalue weighted by molar-refractivity contribution is -0.120. The van der Waals surface area contributed by atoms with Crippen LogP contribution in [0.4, 0.5) is 0 Å². The summed E-state index contributed by atoms with van der Waals surface area (Å²) in [6, 6.07) is 19.6. The highest BCUT2D eigenvalue weighted by atomic mass is 16.1. The normalized spacial score (nSPS) is 9.92. The van der Waals surface area contributed by atoms with Crippen molar-refractivity contribution < 1.29 is 4.79 Å². The molecule has 0 aliphatic rings. The number of aryl methyl sites for hydroxylation is 1. The monoisotopic (exact) mass is 329 g/mol. The molecule has 3 rings (SSSR count). The molecule has 1 aromatic heterocycles. The second-order valence-electron chi connectivity index (χ2n) is 5.57. The maximum Gasteiger partial charge on any atom is 0.221 e. The second-order valence-corrected chi connectivity index (χ2v) is 5.57. The maximum atomic E-state index is 11.9. The Morgan fingerprint density at radius 3 is 2.52 bits per heavy atom. The topological polar surface area (TPSA) is 46.9 Å². The van der Waals surface area contributed by atoms with Crippen LogP contribution in [0.5, 0.6) is 0 Å². The van der Waals surface area contributed by atoms with Gasteiger partial charge < -0.3 is 5.32 Å². The van der Waals surface area contributed by atoms with E-state index in [1.54, 1.807) is 6.20 Å². The molecule has 2 aromatic carbocycles. The first-order valence-corrected chi connectivity index (χ1v) is 8.21. The van der Waals surface area contributed by atoms with E-state index in [1.807, 2.05) is 71.5 Å². The van der Waals surface area contributed by atoms with Crippen molar-refractivity contribution in [3.63, 3.8) is 0 Å². The molecule has 1 N–H and O–H groups in total. The molecule has 0 aliphatic heterocycles. The van der Waals surface area contributed by atoms with Gasteiger partial charge in [-0.25, -0.2) is 4.68 Å². The zero-order chi connectivity index (χ0) is 17.3. The van der Waals surface area contributed by atoms with Crippen molar-refractivity contribution in [1.82, 2.24) is 15.1 Å². The van der Waals surface area contributed by atoms with E-state index in [1.165, 1.54) is 0 Å². The largest absolute Gasteiger partial charge is 0.345 e. The summed E-state index contributed by atoms with van der Waals surface area (Å²) < 4.78 is 1.82. The number of hydrogen-bond acceptors (Lipinski definition) is 2. The molecule has 0 bridgehead atoms. The van der Waals surface area contributed by atoms with E-state index in [0.717, 1.165) is 16.8 Å². The summed E-state index contributed by atoms with van der Waals surface area (Å²) in [4.78, 5) is 11.9. The predicted molar refractivity (Wildman–Crippen MR) is 98.2 cm³/mol. The lowest BCUT2D eigenvalue weighted by Crippen LogP contribution is -2.23. The summed E-state index contributed by atoms with van der Waals surface area (Å²) in [6.07, 6.45) is 4.84. The first-order valence-electron chi connectivity index (χ1n) is 8.21. The number of hydrogen-bond donors (Lipinski definition) is 1. The van der Waals surface area contributed by atoms with Crippen molar-refractivity contribution in [2.75, 3.05) is 6.54 Å². The molecule has 4 nitrogen and oxygen atoms in total. The van der Waals surface area contributed by atoms with Gasteiger partial charge in [0.05, 0.1) is 18.4 Å². The van der Waals surface area contributed by atoms with Crippen LogP contribution in [0.3, 0.4) is 0 Å². The van der Waals surface area contributed by atoms with Crippen molar-refractivity contribution in [2.24, 2.45) is 0 Å². The molecule has 0 spiro atoms. The number of nitrogens with one attached hydrogen (secondary N) is 1. The number of nitrogens with zero attached hydrogens (tertiary/aromatic N) is 2. The fourth-order valence-corrected chi connectivity index (χ4v) is 2.37. The van der Waals surface area contributed by atoms with Crippen molar-refractivity contribution in [1.29, 1.82) is 0 Å². The summed E-state index contributed by atoms with van der Waals surface area (Å²) in [7, 11) is 0. The number of aromatic nitrogens is 2. The van der Waals surface area contributed by atoms with Gasteiger partial charge in [0.2, 0.25) is 5.91 Å². The van der Waals surface area contributed by atoms with Gasteiger partial charge in [0.1, 0.15) is 0 Å². The Morgan fingerprint density at radius 2 is 1.76 bits per heavy atom. The first kappa shape index (κ1) is 16.5. The molecule has 0 fully saturated rings. The number of amides is 1. The summed E-state index contributed by atoms with van der Waals surface area (Å²) in [6.45, 7) is 0.358. The molecule has 4 heteroatoms. The van der Waals surface area contributed by atoms with E-state index in [9.17, 15) is 4.79 Å². The van der Waals surface area contributed by atoms with Crippen LogP contribution in [0.2, 0.25) is 0 Å². The maximum absolute atomic E-state index is 11.9. The Kier molecular flexibility index (Phi) is 5.63. The average Bonchev–Trinajstić information content (AvgIpc) is 3.14. The van der Waals surface area contributed by atoms with Crippen LogP contribution in [-0.4, -0.2) is 22.2 Å². The van der Waals surface area contributed by atoms with Crippen LogP contribution in [0.25, 0.3) is 5.69 Å². The highest BCUT2D eigenvalue weighted by Crippen LogP contribution is 2.09. The second kappa shape index (κ2) is 8.51. The van der Waals surface area contributed by atoms with Gasteiger partial charge in [-0.1, -0.05) is 48.2 Å². The zero-order valence-electron chi connectivity index (χ0n) is 13.9. The van der Waals surface area contributed by atoms with E-state index in [2.05, 4.69) is 22.3 Å². The van der Waals surface area contributed by atoms with Crippen molar-refractivity contribution in [3.8, 4) is 17.5 Å². The summed E-state index contributed by atoms with van der Waals surface area (Å²) >= 11 is 0. The average molecular weight is 329 g/mol. The zero-order valence-corrected chi connectivity index (χ0v) is 13.9. The van der Waals surface area contributed by atoms with Crippen LogP contribution in [-0.2, 0) is 11.2 Å². The van der Waals surface area contributed by atoms with Gasteiger partial charge in [-0.3, -0.25) is 4.79 Å². The Morgan fingerprint density at radius 1 is 1.04 bits per heavy atom. The van der Waals surface area contributed by atoms with Crippen LogP contribution < -0.4 is 5.32 Å².